The highest BCUT2D eigenvalue weighted by Crippen LogP contribution is 2.40. The molecule has 5 rings (SSSR count). The van der Waals surface area contributed by atoms with Crippen LogP contribution in [0.3, 0.4) is 0 Å². The highest BCUT2D eigenvalue weighted by Gasteiger charge is 2.35. The molecule has 0 radical (unpaired) electrons. The van der Waals surface area contributed by atoms with Gasteiger partial charge in [-0.3, -0.25) is 9.69 Å². The number of amides is 1. The number of benzene rings is 4. The Morgan fingerprint density at radius 1 is 0.929 bits per heavy atom. The van der Waals surface area contributed by atoms with Crippen molar-refractivity contribution < 1.29 is 22.1 Å². The van der Waals surface area contributed by atoms with Crippen LogP contribution >= 0.6 is 34.4 Å². The Morgan fingerprint density at radius 2 is 1.57 bits per heavy atom. The fourth-order valence-corrected chi connectivity index (χ4v) is 6.98. The maximum absolute atomic E-state index is 13.8. The van der Waals surface area contributed by atoms with Crippen LogP contribution in [0.2, 0.25) is 0 Å². The van der Waals surface area contributed by atoms with Gasteiger partial charge in [-0.1, -0.05) is 53.6 Å². The van der Waals surface area contributed by atoms with Gasteiger partial charge in [-0.2, -0.15) is 8.42 Å². The number of halogens is 1. The molecule has 1 saturated heterocycles. The largest absolute Gasteiger partial charge is 0.490 e. The van der Waals surface area contributed by atoms with Crippen LogP contribution in [-0.4, -0.2) is 26.1 Å². The average Bonchev–Trinajstić information content (AvgIpc) is 3.27. The zero-order chi connectivity index (χ0) is 29.9. The lowest BCUT2D eigenvalue weighted by molar-refractivity contribution is -0.113. The van der Waals surface area contributed by atoms with Crippen LogP contribution in [0.5, 0.6) is 11.5 Å². The first-order chi connectivity index (χ1) is 20.1. The van der Waals surface area contributed by atoms with Gasteiger partial charge < -0.3 is 8.92 Å². The number of carbonyl (C=O) groups excluding carboxylic acids is 1. The minimum atomic E-state index is -4.08. The van der Waals surface area contributed by atoms with E-state index in [1.54, 1.807) is 48.2 Å². The molecule has 4 aromatic rings. The number of amidine groups is 1. The number of carbonyl (C=O) groups is 1. The Hall–Kier alpha value is -3.61. The zero-order valence-electron chi connectivity index (χ0n) is 23.1. The second kappa shape index (κ2) is 12.7. The SMILES string of the molecule is CCOc1cc(/C=C2\SC(=Nc3ccc(C)cc3)N(c3ccc(C)cc3)C2=O)cc(I)c1OS(=O)(=O)c1ccccc1. The predicted molar refractivity (Wildman–Crippen MR) is 177 cm³/mol. The van der Waals surface area contributed by atoms with Crippen molar-refractivity contribution in [3.63, 3.8) is 0 Å². The van der Waals surface area contributed by atoms with Crippen molar-refractivity contribution in [2.24, 2.45) is 4.99 Å². The van der Waals surface area contributed by atoms with E-state index in [0.29, 0.717) is 31.5 Å². The van der Waals surface area contributed by atoms with Crippen molar-refractivity contribution in [3.8, 4) is 11.5 Å². The summed E-state index contributed by atoms with van der Waals surface area (Å²) in [6.45, 7) is 6.10. The van der Waals surface area contributed by atoms with Gasteiger partial charge in [-0.25, -0.2) is 4.99 Å². The number of aryl methyl sites for hydroxylation is 2. The van der Waals surface area contributed by atoms with Gasteiger partial charge in [0.2, 0.25) is 0 Å². The van der Waals surface area contributed by atoms with Gasteiger partial charge in [0.25, 0.3) is 5.91 Å². The number of aliphatic imine (C=N–C) groups is 1. The molecular formula is C32H27IN2O5S2. The third-order valence-corrected chi connectivity index (χ3v) is 9.22. The van der Waals surface area contributed by atoms with Gasteiger partial charge in [0.1, 0.15) is 4.90 Å². The number of nitrogens with zero attached hydrogens (tertiary/aromatic N) is 2. The summed E-state index contributed by atoms with van der Waals surface area (Å²) in [7, 11) is -4.08. The lowest BCUT2D eigenvalue weighted by Crippen LogP contribution is -2.28. The number of rotatable bonds is 8. The fraction of sp³-hybridized carbons (Fsp3) is 0.125. The molecule has 0 saturated carbocycles. The highest BCUT2D eigenvalue weighted by atomic mass is 127. The van der Waals surface area contributed by atoms with Gasteiger partial charge in [0.15, 0.2) is 16.7 Å². The van der Waals surface area contributed by atoms with Gasteiger partial charge in [-0.15, -0.1) is 0 Å². The Morgan fingerprint density at radius 3 is 2.21 bits per heavy atom. The van der Waals surface area contributed by atoms with Crippen LogP contribution in [0.25, 0.3) is 6.08 Å². The predicted octanol–water partition coefficient (Wildman–Crippen LogP) is 7.88. The molecule has 10 heteroatoms. The van der Waals surface area contributed by atoms with E-state index in [2.05, 4.69) is 0 Å². The lowest BCUT2D eigenvalue weighted by atomic mass is 10.1. The summed E-state index contributed by atoms with van der Waals surface area (Å²) in [6.07, 6.45) is 1.76. The molecule has 1 fully saturated rings. The van der Waals surface area contributed by atoms with Gasteiger partial charge >= 0.3 is 10.1 Å². The molecular weight excluding hydrogens is 683 g/mol. The Balaban J connectivity index is 1.53. The van der Waals surface area contributed by atoms with Crippen LogP contribution in [0.1, 0.15) is 23.6 Å². The van der Waals surface area contributed by atoms with Gasteiger partial charge in [0.05, 0.1) is 26.5 Å². The minimum Gasteiger partial charge on any atom is -0.490 e. The number of thioether (sulfide) groups is 1. The molecule has 0 atom stereocenters. The molecule has 4 aromatic carbocycles. The molecule has 0 aromatic heterocycles. The quantitative estimate of drug-likeness (QED) is 0.105. The normalized spacial score (nSPS) is 15.4. The summed E-state index contributed by atoms with van der Waals surface area (Å²) in [4.78, 5) is 20.7. The number of hydrogen-bond donors (Lipinski definition) is 0. The van der Waals surface area contributed by atoms with E-state index in [0.717, 1.165) is 16.8 Å². The second-order valence-corrected chi connectivity index (χ2v) is 13.1. The maximum Gasteiger partial charge on any atom is 0.339 e. The molecule has 0 aliphatic carbocycles. The van der Waals surface area contributed by atoms with Crippen LogP contribution < -0.4 is 13.8 Å². The summed E-state index contributed by atoms with van der Waals surface area (Å²) in [5, 5.41) is 0.535. The van der Waals surface area contributed by atoms with Crippen molar-refractivity contribution in [1.82, 2.24) is 0 Å². The molecule has 1 aliphatic rings. The average molecular weight is 711 g/mol. The Kier molecular flexibility index (Phi) is 9.05. The van der Waals surface area contributed by atoms with Crippen LogP contribution in [0, 0.1) is 17.4 Å². The zero-order valence-corrected chi connectivity index (χ0v) is 26.9. The molecule has 7 nitrogen and oxygen atoms in total. The molecule has 0 spiro atoms. The van der Waals surface area contributed by atoms with E-state index in [9.17, 15) is 13.2 Å². The van der Waals surface area contributed by atoms with Crippen molar-refractivity contribution in [3.05, 3.63) is 116 Å². The molecule has 214 valence electrons. The fourth-order valence-electron chi connectivity index (χ4n) is 4.11. The van der Waals surface area contributed by atoms with Crippen LogP contribution in [0.15, 0.2) is 106 Å². The van der Waals surface area contributed by atoms with Crippen molar-refractivity contribution >= 4 is 73.0 Å². The summed E-state index contributed by atoms with van der Waals surface area (Å²) in [6, 6.07) is 26.9. The smallest absolute Gasteiger partial charge is 0.339 e. The third kappa shape index (κ3) is 6.71. The summed E-state index contributed by atoms with van der Waals surface area (Å²) < 4.78 is 37.8. The summed E-state index contributed by atoms with van der Waals surface area (Å²) >= 11 is 3.29. The Labute approximate surface area is 263 Å². The topological polar surface area (TPSA) is 85.3 Å². The number of hydrogen-bond acceptors (Lipinski definition) is 7. The summed E-state index contributed by atoms with van der Waals surface area (Å²) in [5.74, 6) is 0.140. The van der Waals surface area contributed by atoms with E-state index >= 15 is 0 Å². The molecule has 1 aliphatic heterocycles. The van der Waals surface area contributed by atoms with Crippen molar-refractivity contribution in [2.45, 2.75) is 25.7 Å². The maximum atomic E-state index is 13.8. The standard InChI is InChI=1S/C32H27IN2O5S2/c1-4-39-28-19-23(18-27(33)30(28)40-42(37,38)26-8-6-5-7-9-26)20-29-31(36)35(25-16-12-22(3)13-17-25)32(41-29)34-24-14-10-21(2)11-15-24/h5-20H,4H2,1-3H3/b29-20-,34-32?. The monoisotopic (exact) mass is 710 g/mol. The molecule has 42 heavy (non-hydrogen) atoms. The first-order valence-corrected chi connectivity index (χ1v) is 16.4. The van der Waals surface area contributed by atoms with E-state index in [4.69, 9.17) is 13.9 Å². The highest BCUT2D eigenvalue weighted by molar-refractivity contribution is 14.1. The second-order valence-electron chi connectivity index (χ2n) is 9.43. The molecule has 0 bridgehead atoms. The lowest BCUT2D eigenvalue weighted by Gasteiger charge is -2.16. The first kappa shape index (κ1) is 29.9. The molecule has 0 unspecified atom stereocenters. The van der Waals surface area contributed by atoms with Gasteiger partial charge in [-0.05, 0) is 115 Å². The van der Waals surface area contributed by atoms with Gasteiger partial charge in [0, 0.05) is 0 Å². The van der Waals surface area contributed by atoms with Crippen molar-refractivity contribution in [1.29, 1.82) is 0 Å². The molecule has 1 amide bonds. The van der Waals surface area contributed by atoms with Crippen LogP contribution in [-0.2, 0) is 14.9 Å². The number of ether oxygens (including phenoxy) is 1. The van der Waals surface area contributed by atoms with Crippen molar-refractivity contribution in [2.75, 3.05) is 11.5 Å². The summed E-state index contributed by atoms with van der Waals surface area (Å²) in [5.41, 5.74) is 4.31. The molecule has 1 heterocycles. The number of anilines is 1. The van der Waals surface area contributed by atoms with E-state index in [1.807, 2.05) is 85.0 Å². The van der Waals surface area contributed by atoms with E-state index < -0.39 is 10.1 Å². The Bertz CT molecular complexity index is 1790. The third-order valence-electron chi connectivity index (χ3n) is 6.21. The van der Waals surface area contributed by atoms with E-state index in [-0.39, 0.29) is 22.3 Å². The first-order valence-electron chi connectivity index (χ1n) is 13.1. The van der Waals surface area contributed by atoms with E-state index in [1.165, 1.54) is 23.9 Å². The minimum absolute atomic E-state index is 0.0407. The van der Waals surface area contributed by atoms with Crippen LogP contribution in [0.4, 0.5) is 11.4 Å². The molecule has 0 N–H and O–H groups in total.